The van der Waals surface area contributed by atoms with Gasteiger partial charge in [0.15, 0.2) is 0 Å². The number of nitrogens with one attached hydrogen (secondary N) is 2. The van der Waals surface area contributed by atoms with Gasteiger partial charge in [0.2, 0.25) is 15.9 Å². The highest BCUT2D eigenvalue weighted by atomic mass is 32.2. The Morgan fingerprint density at radius 3 is 2.55 bits per heavy atom. The van der Waals surface area contributed by atoms with E-state index in [9.17, 15) is 18.0 Å². The summed E-state index contributed by atoms with van der Waals surface area (Å²) in [7, 11) is -3.58. The van der Waals surface area contributed by atoms with Crippen LogP contribution in [0.2, 0.25) is 0 Å². The van der Waals surface area contributed by atoms with Gasteiger partial charge in [0.1, 0.15) is 5.76 Å². The SMILES string of the molecule is C[C@@H]1CCCCN1S(=O)(=O)c1ccc(C(=O)NCC(=O)NCc2ccco2)cc1. The van der Waals surface area contributed by atoms with Crippen molar-refractivity contribution in [3.8, 4) is 0 Å². The second kappa shape index (κ2) is 9.23. The summed E-state index contributed by atoms with van der Waals surface area (Å²) in [5, 5.41) is 5.15. The number of sulfonamides is 1. The maximum absolute atomic E-state index is 12.8. The number of benzene rings is 1. The fourth-order valence-corrected chi connectivity index (χ4v) is 4.97. The minimum Gasteiger partial charge on any atom is -0.467 e. The first kappa shape index (κ1) is 21.1. The second-order valence-corrected chi connectivity index (χ2v) is 8.91. The summed E-state index contributed by atoms with van der Waals surface area (Å²) in [4.78, 5) is 24.2. The van der Waals surface area contributed by atoms with Crippen LogP contribution < -0.4 is 10.6 Å². The van der Waals surface area contributed by atoms with E-state index in [-0.39, 0.29) is 35.5 Å². The predicted octanol–water partition coefficient (Wildman–Crippen LogP) is 1.89. The van der Waals surface area contributed by atoms with E-state index in [2.05, 4.69) is 10.6 Å². The van der Waals surface area contributed by atoms with Gasteiger partial charge in [-0.3, -0.25) is 9.59 Å². The van der Waals surface area contributed by atoms with Gasteiger partial charge in [0.05, 0.1) is 24.2 Å². The molecule has 0 radical (unpaired) electrons. The van der Waals surface area contributed by atoms with Gasteiger partial charge >= 0.3 is 0 Å². The fraction of sp³-hybridized carbons (Fsp3) is 0.400. The van der Waals surface area contributed by atoms with E-state index in [1.807, 2.05) is 6.92 Å². The van der Waals surface area contributed by atoms with Gasteiger partial charge in [-0.25, -0.2) is 8.42 Å². The summed E-state index contributed by atoms with van der Waals surface area (Å²) < 4.78 is 32.3. The average molecular weight is 420 g/mol. The lowest BCUT2D eigenvalue weighted by Gasteiger charge is -2.32. The van der Waals surface area contributed by atoms with E-state index >= 15 is 0 Å². The number of nitrogens with zero attached hydrogens (tertiary/aromatic N) is 1. The Bertz CT molecular complexity index is 939. The zero-order chi connectivity index (χ0) is 20.9. The Kier molecular flexibility index (Phi) is 6.71. The summed E-state index contributed by atoms with van der Waals surface area (Å²) in [6.07, 6.45) is 4.24. The molecule has 0 spiro atoms. The first-order chi connectivity index (χ1) is 13.9. The van der Waals surface area contributed by atoms with Crippen molar-refractivity contribution in [2.45, 2.75) is 43.7 Å². The van der Waals surface area contributed by atoms with Crippen LogP contribution in [0, 0.1) is 0 Å². The Morgan fingerprint density at radius 1 is 1.14 bits per heavy atom. The van der Waals surface area contributed by atoms with Gasteiger partial charge in [-0.15, -0.1) is 0 Å². The molecule has 29 heavy (non-hydrogen) atoms. The highest BCUT2D eigenvalue weighted by Crippen LogP contribution is 2.25. The monoisotopic (exact) mass is 419 g/mol. The molecule has 1 fully saturated rings. The maximum Gasteiger partial charge on any atom is 0.251 e. The molecule has 1 aliphatic heterocycles. The van der Waals surface area contributed by atoms with Crippen molar-refractivity contribution in [1.82, 2.24) is 14.9 Å². The van der Waals surface area contributed by atoms with Crippen LogP contribution in [0.5, 0.6) is 0 Å². The smallest absolute Gasteiger partial charge is 0.251 e. The second-order valence-electron chi connectivity index (χ2n) is 7.02. The van der Waals surface area contributed by atoms with Crippen molar-refractivity contribution >= 4 is 21.8 Å². The highest BCUT2D eigenvalue weighted by Gasteiger charge is 2.30. The van der Waals surface area contributed by atoms with Crippen LogP contribution in [0.4, 0.5) is 0 Å². The zero-order valence-electron chi connectivity index (χ0n) is 16.3. The summed E-state index contributed by atoms with van der Waals surface area (Å²) in [6, 6.07) is 9.20. The van der Waals surface area contributed by atoms with Gasteiger partial charge in [0, 0.05) is 18.2 Å². The number of furan rings is 1. The average Bonchev–Trinajstić information content (AvgIpc) is 3.24. The van der Waals surface area contributed by atoms with Gasteiger partial charge in [-0.1, -0.05) is 6.42 Å². The molecular weight excluding hydrogens is 394 g/mol. The van der Waals surface area contributed by atoms with E-state index in [1.54, 1.807) is 12.1 Å². The van der Waals surface area contributed by atoms with E-state index < -0.39 is 15.9 Å². The first-order valence-electron chi connectivity index (χ1n) is 9.57. The molecule has 8 nitrogen and oxygen atoms in total. The maximum atomic E-state index is 12.8. The molecule has 3 rings (SSSR count). The number of amides is 2. The molecule has 2 heterocycles. The fourth-order valence-electron chi connectivity index (χ4n) is 3.27. The lowest BCUT2D eigenvalue weighted by molar-refractivity contribution is -0.120. The Hall–Kier alpha value is -2.65. The minimum absolute atomic E-state index is 0.0311. The Labute approximate surface area is 170 Å². The minimum atomic E-state index is -3.58. The van der Waals surface area contributed by atoms with Crippen LogP contribution in [0.3, 0.4) is 0 Å². The van der Waals surface area contributed by atoms with Crippen LogP contribution in [0.15, 0.2) is 52.0 Å². The lowest BCUT2D eigenvalue weighted by Crippen LogP contribution is -2.41. The predicted molar refractivity (Wildman–Crippen MR) is 107 cm³/mol. The molecule has 1 saturated heterocycles. The van der Waals surface area contributed by atoms with Gasteiger partial charge in [-0.2, -0.15) is 4.31 Å². The van der Waals surface area contributed by atoms with Gasteiger partial charge in [-0.05, 0) is 56.2 Å². The van der Waals surface area contributed by atoms with Crippen molar-refractivity contribution in [1.29, 1.82) is 0 Å². The zero-order valence-corrected chi connectivity index (χ0v) is 17.1. The quantitative estimate of drug-likeness (QED) is 0.712. The molecule has 9 heteroatoms. The van der Waals surface area contributed by atoms with Gasteiger partial charge in [0.25, 0.3) is 5.91 Å². The molecule has 1 atom stereocenters. The number of hydrogen-bond donors (Lipinski definition) is 2. The third-order valence-electron chi connectivity index (χ3n) is 4.91. The van der Waals surface area contributed by atoms with Gasteiger partial charge < -0.3 is 15.1 Å². The van der Waals surface area contributed by atoms with Crippen LogP contribution in [0.25, 0.3) is 0 Å². The number of carbonyl (C=O) groups is 2. The van der Waals surface area contributed by atoms with Crippen LogP contribution >= 0.6 is 0 Å². The van der Waals surface area contributed by atoms with Crippen molar-refractivity contribution in [2.75, 3.05) is 13.1 Å². The standard InChI is InChI=1S/C20H25N3O5S/c1-15-5-2-3-11-23(15)29(26,27)18-9-7-16(8-10-18)20(25)22-14-19(24)21-13-17-6-4-12-28-17/h4,6-10,12,15H,2-3,5,11,13-14H2,1H3,(H,21,24)(H,22,25)/t15-/m1/s1. The molecule has 1 aromatic carbocycles. The van der Waals surface area contributed by atoms with Crippen molar-refractivity contribution in [3.63, 3.8) is 0 Å². The highest BCUT2D eigenvalue weighted by molar-refractivity contribution is 7.89. The molecule has 2 N–H and O–H groups in total. The number of piperidine rings is 1. The third kappa shape index (κ3) is 5.24. The molecule has 0 saturated carbocycles. The molecule has 0 bridgehead atoms. The summed E-state index contributed by atoms with van der Waals surface area (Å²) >= 11 is 0. The summed E-state index contributed by atoms with van der Waals surface area (Å²) in [5.74, 6) is -0.189. The molecular formula is C20H25N3O5S. The third-order valence-corrected chi connectivity index (χ3v) is 6.94. The summed E-state index contributed by atoms with van der Waals surface area (Å²) in [5.41, 5.74) is 0.287. The van der Waals surface area contributed by atoms with Crippen molar-refractivity contribution in [3.05, 3.63) is 54.0 Å². The molecule has 1 aromatic heterocycles. The normalized spacial score (nSPS) is 17.6. The Balaban J connectivity index is 1.55. The summed E-state index contributed by atoms with van der Waals surface area (Å²) in [6.45, 7) is 2.47. The largest absolute Gasteiger partial charge is 0.467 e. The topological polar surface area (TPSA) is 109 Å². The molecule has 1 aliphatic rings. The number of carbonyl (C=O) groups excluding carboxylic acids is 2. The Morgan fingerprint density at radius 2 is 1.90 bits per heavy atom. The van der Waals surface area contributed by atoms with Crippen molar-refractivity contribution < 1.29 is 22.4 Å². The number of rotatable bonds is 7. The first-order valence-corrected chi connectivity index (χ1v) is 11.0. The molecule has 156 valence electrons. The van der Waals surface area contributed by atoms with E-state index in [0.717, 1.165) is 19.3 Å². The number of hydrogen-bond acceptors (Lipinski definition) is 5. The molecule has 0 unspecified atom stereocenters. The molecule has 0 aliphatic carbocycles. The lowest BCUT2D eigenvalue weighted by atomic mass is 10.1. The molecule has 2 aromatic rings. The van der Waals surface area contributed by atoms with E-state index in [0.29, 0.717) is 12.3 Å². The van der Waals surface area contributed by atoms with E-state index in [1.165, 1.54) is 34.8 Å². The van der Waals surface area contributed by atoms with Crippen molar-refractivity contribution in [2.24, 2.45) is 0 Å². The van der Waals surface area contributed by atoms with Crippen LogP contribution in [-0.4, -0.2) is 43.7 Å². The molecule has 2 amide bonds. The van der Waals surface area contributed by atoms with E-state index in [4.69, 9.17) is 4.42 Å². The van der Waals surface area contributed by atoms with Crippen LogP contribution in [-0.2, 0) is 21.4 Å². The van der Waals surface area contributed by atoms with Crippen LogP contribution in [0.1, 0.15) is 42.3 Å².